The summed E-state index contributed by atoms with van der Waals surface area (Å²) in [6, 6.07) is 11.5. The molecule has 2 nitrogen and oxygen atoms in total. The summed E-state index contributed by atoms with van der Waals surface area (Å²) < 4.78 is 26.0. The fourth-order valence-corrected chi connectivity index (χ4v) is 2.76. The second-order valence-corrected chi connectivity index (χ2v) is 5.33. The summed E-state index contributed by atoms with van der Waals surface area (Å²) in [4.78, 5) is 12.1. The quantitative estimate of drug-likeness (QED) is 0.929. The SMILES string of the molecule is O=C(Cc1ccc(F)c(F)c1)CC1CNc2ccccc21. The molecule has 0 aromatic heterocycles. The van der Waals surface area contributed by atoms with E-state index in [1.807, 2.05) is 24.3 Å². The Kier molecular flexibility index (Phi) is 3.69. The van der Waals surface area contributed by atoms with Crippen molar-refractivity contribution >= 4 is 11.5 Å². The van der Waals surface area contributed by atoms with Gasteiger partial charge in [0.15, 0.2) is 11.6 Å². The molecule has 1 heterocycles. The Morgan fingerprint density at radius 2 is 1.95 bits per heavy atom. The number of nitrogens with one attached hydrogen (secondary N) is 1. The smallest absolute Gasteiger partial charge is 0.159 e. The van der Waals surface area contributed by atoms with Gasteiger partial charge in [0.1, 0.15) is 5.78 Å². The summed E-state index contributed by atoms with van der Waals surface area (Å²) in [5.41, 5.74) is 2.73. The highest BCUT2D eigenvalue weighted by molar-refractivity contribution is 5.82. The molecule has 0 saturated heterocycles. The van der Waals surface area contributed by atoms with Crippen molar-refractivity contribution in [3.05, 3.63) is 65.2 Å². The fourth-order valence-electron chi connectivity index (χ4n) is 2.76. The first kappa shape index (κ1) is 13.7. The average Bonchev–Trinajstić information content (AvgIpc) is 2.86. The van der Waals surface area contributed by atoms with Gasteiger partial charge in [0, 0.05) is 31.0 Å². The van der Waals surface area contributed by atoms with Crippen LogP contribution in [-0.4, -0.2) is 12.3 Å². The zero-order chi connectivity index (χ0) is 14.8. The van der Waals surface area contributed by atoms with E-state index in [-0.39, 0.29) is 18.1 Å². The highest BCUT2D eigenvalue weighted by Crippen LogP contribution is 2.33. The molecular formula is C17H15F2NO. The minimum absolute atomic E-state index is 0.0320. The largest absolute Gasteiger partial charge is 0.384 e. The first-order valence-corrected chi connectivity index (χ1v) is 6.92. The lowest BCUT2D eigenvalue weighted by Gasteiger charge is -2.09. The molecule has 0 spiro atoms. The monoisotopic (exact) mass is 287 g/mol. The molecule has 21 heavy (non-hydrogen) atoms. The van der Waals surface area contributed by atoms with Gasteiger partial charge >= 0.3 is 0 Å². The third-order valence-corrected chi connectivity index (χ3v) is 3.80. The second-order valence-electron chi connectivity index (χ2n) is 5.33. The predicted octanol–water partition coefficient (Wildman–Crippen LogP) is 3.68. The molecule has 2 aromatic rings. The molecule has 0 bridgehead atoms. The second kappa shape index (κ2) is 5.64. The summed E-state index contributed by atoms with van der Waals surface area (Å²) >= 11 is 0. The van der Waals surface area contributed by atoms with Gasteiger partial charge < -0.3 is 5.32 Å². The molecule has 0 saturated carbocycles. The summed E-state index contributed by atoms with van der Waals surface area (Å²) in [6.07, 6.45) is 0.541. The highest BCUT2D eigenvalue weighted by atomic mass is 19.2. The van der Waals surface area contributed by atoms with Crippen LogP contribution in [0.4, 0.5) is 14.5 Å². The Bertz CT molecular complexity index is 684. The number of carbonyl (C=O) groups is 1. The maximum Gasteiger partial charge on any atom is 0.159 e. The standard InChI is InChI=1S/C17H15F2NO/c18-15-6-5-11(8-16(15)19)7-13(21)9-12-10-20-17-4-2-1-3-14(12)17/h1-6,8,12,20H,7,9-10H2. The van der Waals surface area contributed by atoms with Gasteiger partial charge in [-0.2, -0.15) is 0 Å². The number of Topliss-reactive ketones (excluding diaryl/α,β-unsaturated/α-hetero) is 1. The van der Waals surface area contributed by atoms with Crippen molar-refractivity contribution in [2.75, 3.05) is 11.9 Å². The number of anilines is 1. The number of benzene rings is 2. The van der Waals surface area contributed by atoms with Crippen LogP contribution >= 0.6 is 0 Å². The van der Waals surface area contributed by atoms with Crippen molar-refractivity contribution in [2.24, 2.45) is 0 Å². The van der Waals surface area contributed by atoms with Gasteiger partial charge in [-0.25, -0.2) is 8.78 Å². The normalized spacial score (nSPS) is 16.4. The van der Waals surface area contributed by atoms with Crippen molar-refractivity contribution in [3.8, 4) is 0 Å². The van der Waals surface area contributed by atoms with Crippen LogP contribution < -0.4 is 5.32 Å². The van der Waals surface area contributed by atoms with Gasteiger partial charge in [0.05, 0.1) is 0 Å². The Morgan fingerprint density at radius 3 is 2.76 bits per heavy atom. The molecule has 1 atom stereocenters. The Hall–Kier alpha value is -2.23. The van der Waals surface area contributed by atoms with Crippen LogP contribution in [0.3, 0.4) is 0 Å². The minimum Gasteiger partial charge on any atom is -0.384 e. The predicted molar refractivity (Wildman–Crippen MR) is 77.4 cm³/mol. The van der Waals surface area contributed by atoms with E-state index in [1.165, 1.54) is 6.07 Å². The zero-order valence-electron chi connectivity index (χ0n) is 11.4. The third kappa shape index (κ3) is 2.94. The molecule has 0 fully saturated rings. The van der Waals surface area contributed by atoms with E-state index < -0.39 is 11.6 Å². The number of para-hydroxylation sites is 1. The van der Waals surface area contributed by atoms with Crippen molar-refractivity contribution in [1.29, 1.82) is 0 Å². The van der Waals surface area contributed by atoms with Crippen LogP contribution in [0.5, 0.6) is 0 Å². The van der Waals surface area contributed by atoms with E-state index in [9.17, 15) is 13.6 Å². The first-order chi connectivity index (χ1) is 10.1. The average molecular weight is 287 g/mol. The molecule has 108 valence electrons. The van der Waals surface area contributed by atoms with E-state index >= 15 is 0 Å². The summed E-state index contributed by atoms with van der Waals surface area (Å²) in [5.74, 6) is -1.61. The first-order valence-electron chi connectivity index (χ1n) is 6.92. The van der Waals surface area contributed by atoms with Crippen LogP contribution in [0.2, 0.25) is 0 Å². The maximum absolute atomic E-state index is 13.1. The van der Waals surface area contributed by atoms with Crippen molar-refractivity contribution < 1.29 is 13.6 Å². The molecular weight excluding hydrogens is 272 g/mol. The van der Waals surface area contributed by atoms with E-state index in [1.54, 1.807) is 0 Å². The Morgan fingerprint density at radius 1 is 1.14 bits per heavy atom. The van der Waals surface area contributed by atoms with E-state index in [0.29, 0.717) is 12.0 Å². The number of rotatable bonds is 4. The molecule has 0 amide bonds. The van der Waals surface area contributed by atoms with E-state index in [4.69, 9.17) is 0 Å². The summed E-state index contributed by atoms with van der Waals surface area (Å²) in [7, 11) is 0. The minimum atomic E-state index is -0.909. The number of hydrogen-bond acceptors (Lipinski definition) is 2. The van der Waals surface area contributed by atoms with Gasteiger partial charge in [-0.1, -0.05) is 24.3 Å². The lowest BCUT2D eigenvalue weighted by Crippen LogP contribution is -2.11. The van der Waals surface area contributed by atoms with Crippen molar-refractivity contribution in [1.82, 2.24) is 0 Å². The van der Waals surface area contributed by atoms with Crippen LogP contribution in [0, 0.1) is 11.6 Å². The van der Waals surface area contributed by atoms with Crippen molar-refractivity contribution in [2.45, 2.75) is 18.8 Å². The van der Waals surface area contributed by atoms with Crippen LogP contribution in [0.15, 0.2) is 42.5 Å². The molecule has 1 aliphatic heterocycles. The lowest BCUT2D eigenvalue weighted by atomic mass is 9.93. The number of carbonyl (C=O) groups excluding carboxylic acids is 1. The fraction of sp³-hybridized carbons (Fsp3) is 0.235. The number of ketones is 1. The molecule has 3 rings (SSSR count). The lowest BCUT2D eigenvalue weighted by molar-refractivity contribution is -0.118. The van der Waals surface area contributed by atoms with Gasteiger partial charge in [0.2, 0.25) is 0 Å². The van der Waals surface area contributed by atoms with Gasteiger partial charge in [-0.3, -0.25) is 4.79 Å². The van der Waals surface area contributed by atoms with Gasteiger partial charge in [0.25, 0.3) is 0 Å². The Labute approximate surface area is 121 Å². The van der Waals surface area contributed by atoms with Crippen LogP contribution in [-0.2, 0) is 11.2 Å². The molecule has 4 heteroatoms. The van der Waals surface area contributed by atoms with E-state index in [2.05, 4.69) is 5.32 Å². The van der Waals surface area contributed by atoms with Crippen LogP contribution in [0.1, 0.15) is 23.5 Å². The molecule has 0 radical (unpaired) electrons. The van der Waals surface area contributed by atoms with Gasteiger partial charge in [-0.05, 0) is 29.3 Å². The zero-order valence-corrected chi connectivity index (χ0v) is 11.4. The topological polar surface area (TPSA) is 29.1 Å². The molecule has 2 aromatic carbocycles. The third-order valence-electron chi connectivity index (χ3n) is 3.80. The number of fused-ring (bicyclic) bond motifs is 1. The molecule has 1 N–H and O–H groups in total. The Balaban J connectivity index is 1.66. The van der Waals surface area contributed by atoms with Crippen LogP contribution in [0.25, 0.3) is 0 Å². The summed E-state index contributed by atoms with van der Waals surface area (Å²) in [5, 5.41) is 3.27. The molecule has 1 unspecified atom stereocenters. The molecule has 0 aliphatic carbocycles. The summed E-state index contributed by atoms with van der Waals surface area (Å²) in [6.45, 7) is 0.739. The number of hydrogen-bond donors (Lipinski definition) is 1. The molecule has 1 aliphatic rings. The highest BCUT2D eigenvalue weighted by Gasteiger charge is 2.23. The van der Waals surface area contributed by atoms with Crippen molar-refractivity contribution in [3.63, 3.8) is 0 Å². The van der Waals surface area contributed by atoms with Gasteiger partial charge in [-0.15, -0.1) is 0 Å². The number of halogens is 2. The van der Waals surface area contributed by atoms with E-state index in [0.717, 1.165) is 29.9 Å². The maximum atomic E-state index is 13.1.